The van der Waals surface area contributed by atoms with E-state index in [-0.39, 0.29) is 75.8 Å². The zero-order chi connectivity index (χ0) is 50.5. The van der Waals surface area contributed by atoms with Crippen LogP contribution in [-0.4, -0.2) is 173 Å². The summed E-state index contributed by atoms with van der Waals surface area (Å²) in [5.41, 5.74) is 9.72. The normalized spacial score (nSPS) is 15.3. The molecule has 77 heavy (non-hydrogen) atoms. The molecule has 0 aliphatic carbocycles. The molecule has 2 saturated heterocycles. The second-order valence-corrected chi connectivity index (χ2v) is 21.4. The van der Waals surface area contributed by atoms with Gasteiger partial charge in [0.25, 0.3) is 5.84 Å². The van der Waals surface area contributed by atoms with Crippen molar-refractivity contribution < 1.29 is 85.6 Å². The summed E-state index contributed by atoms with van der Waals surface area (Å²) in [6.45, 7) is 20.5. The number of amides is 1. The highest BCUT2D eigenvalue weighted by molar-refractivity contribution is 7.17. The number of aryl methyl sites for hydroxylation is 2. The number of ether oxygens (including phenoxy) is 5. The number of thiophene rings is 2. The zero-order valence-electron chi connectivity index (χ0n) is 44.5. The lowest BCUT2D eigenvalue weighted by Gasteiger charge is -2.36. The third kappa shape index (κ3) is 20.3. The van der Waals surface area contributed by atoms with Crippen molar-refractivity contribution in [3.8, 4) is 0 Å². The number of carbonyl (C=O) groups is 3. The van der Waals surface area contributed by atoms with Gasteiger partial charge in [-0.05, 0) is 83.9 Å². The van der Waals surface area contributed by atoms with Crippen LogP contribution in [0.5, 0.6) is 0 Å². The summed E-state index contributed by atoms with van der Waals surface area (Å²) in [4.78, 5) is 50.4. The van der Waals surface area contributed by atoms with Gasteiger partial charge < -0.3 is 93.6 Å². The van der Waals surface area contributed by atoms with Gasteiger partial charge in [0, 0.05) is 75.3 Å². The van der Waals surface area contributed by atoms with Crippen LogP contribution in [0.3, 0.4) is 0 Å². The number of rotatable bonds is 15. The molecular weight excluding hydrogens is 1110 g/mol. The molecule has 25 heteroatoms. The van der Waals surface area contributed by atoms with Crippen molar-refractivity contribution in [3.05, 3.63) is 81.5 Å². The van der Waals surface area contributed by atoms with Crippen LogP contribution in [0.4, 0.5) is 37.5 Å². The maximum atomic E-state index is 12.1. The van der Waals surface area contributed by atoms with Crippen LogP contribution < -0.4 is 70.4 Å². The summed E-state index contributed by atoms with van der Waals surface area (Å²) >= 11 is 3.56. The van der Waals surface area contributed by atoms with Crippen LogP contribution in [0.2, 0.25) is 0 Å². The molecule has 2 unspecified atom stereocenters. The molecule has 6 heterocycles. The summed E-state index contributed by atoms with van der Waals surface area (Å²) in [6.07, 6.45) is 1.07. The van der Waals surface area contributed by atoms with Crippen molar-refractivity contribution in [1.29, 1.82) is 0 Å². The Morgan fingerprint density at radius 2 is 1.25 bits per heavy atom. The Hall–Kier alpha value is -4.49. The van der Waals surface area contributed by atoms with E-state index in [2.05, 4.69) is 113 Å². The average Bonchev–Trinajstić information content (AvgIpc) is 3.81. The SMILES string of the molecule is C.COC(=O)C(COCCCN1CCN(C2=Nc3ccccc3Nc3sc(C)cc32)CC1)NC(=O)OC(C)(C)C.COC(=O)C([NH3+])COCCCN1CC[N+](=C2Nc3ccccc3Nc3sc(C)cc32)CC1.Cl.N.[Cl-].[Cl-].[Cl-]. The van der Waals surface area contributed by atoms with Crippen LogP contribution >= 0.6 is 35.1 Å². The molecule has 4 aliphatic rings. The molecule has 1 amide bonds. The van der Waals surface area contributed by atoms with Gasteiger partial charge in [-0.1, -0.05) is 31.7 Å². The fourth-order valence-electron chi connectivity index (χ4n) is 8.62. The Morgan fingerprint density at radius 3 is 1.83 bits per heavy atom. The minimum absolute atomic E-state index is 0. The number of quaternary nitrogens is 1. The maximum absolute atomic E-state index is 12.1. The number of piperazine rings is 2. The first kappa shape index (κ1) is 70.5. The summed E-state index contributed by atoms with van der Waals surface area (Å²) in [6, 6.07) is 19.7. The molecule has 8 rings (SSSR count). The highest BCUT2D eigenvalue weighted by Crippen LogP contribution is 2.40. The van der Waals surface area contributed by atoms with E-state index >= 15 is 0 Å². The number of amidine groups is 2. The van der Waals surface area contributed by atoms with E-state index in [9.17, 15) is 14.4 Å². The topological polar surface area (TPSA) is 233 Å². The van der Waals surface area contributed by atoms with Gasteiger partial charge in [0.2, 0.25) is 6.04 Å². The lowest BCUT2D eigenvalue weighted by atomic mass is 10.2. The molecule has 10 N–H and O–H groups in total. The standard InChI is InChI=1S/C28H39N5O5S.C23H31N5O3S.CH4.4ClH.H3N/c1-19-17-20-24(29-21-9-6-7-10-22(21)30-25(20)39-19)33-14-12-32(13-15-33)11-8-16-37-18-23(26(34)36-5)31-27(35)38-28(2,3)4;1-16-14-17-21(25-19-6-3-4-7-20(19)26-22(17)32-16)28-11-9-27(10-12-28)8-5-13-31-15-18(24)23(29)30-2;;;;;;/h6-7,9-10,17,23,30H,8,11-16,18H2,1-5H3,(H,31,35);3-4,6-7,14,18H,5,8-13,15,24H2,1-2H3,(H,25,26);1H4;4*1H;1H3/p-1. The second-order valence-electron chi connectivity index (χ2n) is 18.9. The largest absolute Gasteiger partial charge is 1.00 e. The number of hydrogen-bond acceptors (Lipinski definition) is 17. The van der Waals surface area contributed by atoms with E-state index in [4.69, 9.17) is 23.9 Å². The highest BCUT2D eigenvalue weighted by Gasteiger charge is 2.31. The van der Waals surface area contributed by atoms with Gasteiger partial charge in [-0.15, -0.1) is 35.1 Å². The van der Waals surface area contributed by atoms with Gasteiger partial charge in [0.15, 0.2) is 6.04 Å². The van der Waals surface area contributed by atoms with Crippen molar-refractivity contribution in [3.63, 3.8) is 0 Å². The fourth-order valence-corrected chi connectivity index (χ4v) is 10.5. The predicted octanol–water partition coefficient (Wildman–Crippen LogP) is -2.00. The number of para-hydroxylation sites is 4. The first-order chi connectivity index (χ1) is 34.2. The average molecular weight is 1190 g/mol. The Labute approximate surface area is 487 Å². The Balaban J connectivity index is 0.000000725. The molecule has 4 aromatic rings. The van der Waals surface area contributed by atoms with Crippen LogP contribution in [0.25, 0.3) is 0 Å². The number of benzene rings is 2. The lowest BCUT2D eigenvalue weighted by molar-refractivity contribution is -0.539. The fraction of sp³-hybridized carbons (Fsp3) is 0.519. The molecule has 0 saturated carbocycles. The van der Waals surface area contributed by atoms with E-state index in [1.807, 2.05) is 12.1 Å². The number of alkyl carbamates (subject to hydrolysis) is 1. The first-order valence-corrected chi connectivity index (χ1v) is 26.1. The highest BCUT2D eigenvalue weighted by atomic mass is 35.5. The molecule has 4 aliphatic heterocycles. The van der Waals surface area contributed by atoms with Gasteiger partial charge in [-0.25, -0.2) is 24.7 Å². The molecule has 0 spiro atoms. The maximum Gasteiger partial charge on any atom is 0.408 e. The van der Waals surface area contributed by atoms with Crippen molar-refractivity contribution in [2.45, 2.75) is 72.6 Å². The number of esters is 2. The summed E-state index contributed by atoms with van der Waals surface area (Å²) < 4.78 is 28.5. The van der Waals surface area contributed by atoms with E-state index in [0.717, 1.165) is 117 Å². The quantitative estimate of drug-likeness (QED) is 0.0328. The molecule has 19 nitrogen and oxygen atoms in total. The van der Waals surface area contributed by atoms with Gasteiger partial charge in [0.1, 0.15) is 33.7 Å². The van der Waals surface area contributed by atoms with Gasteiger partial charge in [-0.2, -0.15) is 0 Å². The number of carbonyl (C=O) groups excluding carboxylic acids is 3. The summed E-state index contributed by atoms with van der Waals surface area (Å²) in [7, 11) is 2.65. The zero-order valence-corrected chi connectivity index (χ0v) is 49.2. The number of nitrogens with one attached hydrogen (secondary N) is 4. The Bertz CT molecular complexity index is 2530. The van der Waals surface area contributed by atoms with Gasteiger partial charge in [-0.3, -0.25) is 14.4 Å². The van der Waals surface area contributed by atoms with Crippen LogP contribution in [0.15, 0.2) is 65.7 Å². The molecule has 0 bridgehead atoms. The van der Waals surface area contributed by atoms with E-state index < -0.39 is 29.7 Å². The summed E-state index contributed by atoms with van der Waals surface area (Å²) in [5, 5.41) is 15.8. The number of hydrogen-bond donors (Lipinski definition) is 6. The van der Waals surface area contributed by atoms with Gasteiger partial charge in [0.05, 0.1) is 62.1 Å². The number of halogens is 4. The molecule has 2 aromatic carbocycles. The van der Waals surface area contributed by atoms with Crippen LogP contribution in [-0.2, 0) is 33.3 Å². The number of anilines is 5. The minimum Gasteiger partial charge on any atom is -1.00 e. The predicted molar refractivity (Wildman–Crippen MR) is 300 cm³/mol. The van der Waals surface area contributed by atoms with Crippen molar-refractivity contribution in [2.75, 3.05) is 122 Å². The van der Waals surface area contributed by atoms with Crippen LogP contribution in [0.1, 0.15) is 61.9 Å². The van der Waals surface area contributed by atoms with Crippen LogP contribution in [0, 0.1) is 13.8 Å². The molecule has 432 valence electrons. The van der Waals surface area contributed by atoms with E-state index in [1.165, 1.54) is 40.4 Å². The van der Waals surface area contributed by atoms with Gasteiger partial charge >= 0.3 is 18.0 Å². The number of fused-ring (bicyclic) bond motifs is 4. The minimum atomic E-state index is -0.918. The third-order valence-corrected chi connectivity index (χ3v) is 14.1. The molecular formula is C52H80Cl4N11O8S2-. The van der Waals surface area contributed by atoms with Crippen molar-refractivity contribution in [2.24, 2.45) is 4.99 Å². The monoisotopic (exact) mass is 1190 g/mol. The molecule has 2 atom stereocenters. The van der Waals surface area contributed by atoms with Crippen molar-refractivity contribution in [1.82, 2.24) is 26.2 Å². The van der Waals surface area contributed by atoms with E-state index in [1.54, 1.807) is 43.4 Å². The third-order valence-electron chi connectivity index (χ3n) is 12.2. The Morgan fingerprint density at radius 1 is 0.740 bits per heavy atom. The number of methoxy groups -OCH3 is 2. The molecule has 2 aromatic heterocycles. The summed E-state index contributed by atoms with van der Waals surface area (Å²) in [5.74, 6) is 1.32. The molecule has 0 radical (unpaired) electrons. The molecule has 2 fully saturated rings. The van der Waals surface area contributed by atoms with E-state index in [0.29, 0.717) is 19.8 Å². The Kier molecular flexibility index (Phi) is 31.0. The number of aliphatic imine (C=N–C) groups is 1. The second kappa shape index (κ2) is 33.8. The van der Waals surface area contributed by atoms with Crippen molar-refractivity contribution >= 4 is 97.5 Å². The first-order valence-electron chi connectivity index (χ1n) is 24.4. The smallest absolute Gasteiger partial charge is 0.408 e. The lowest BCUT2D eigenvalue weighted by Crippen LogP contribution is -3.00. The number of nitrogens with zero attached hydrogens (tertiary/aromatic N) is 5.